The second-order valence-electron chi connectivity index (χ2n) is 15.1. The molecule has 2 aromatic rings. The van der Waals surface area contributed by atoms with E-state index in [-0.39, 0.29) is 35.4 Å². The summed E-state index contributed by atoms with van der Waals surface area (Å²) >= 11 is 5.56. The van der Waals surface area contributed by atoms with Gasteiger partial charge in [0.15, 0.2) is 5.11 Å². The van der Waals surface area contributed by atoms with Crippen LogP contribution in [0.5, 0.6) is 0 Å². The van der Waals surface area contributed by atoms with Crippen molar-refractivity contribution < 1.29 is 37.0 Å². The summed E-state index contributed by atoms with van der Waals surface area (Å²) in [5.41, 5.74) is -1.89. The van der Waals surface area contributed by atoms with E-state index in [9.17, 15) is 22.8 Å². The molecule has 1 aromatic heterocycles. The monoisotopic (exact) mass is 730 g/mol. The van der Waals surface area contributed by atoms with E-state index in [1.807, 2.05) is 0 Å². The van der Waals surface area contributed by atoms with Gasteiger partial charge in [-0.05, 0) is 119 Å². The van der Waals surface area contributed by atoms with E-state index in [0.29, 0.717) is 57.9 Å². The fourth-order valence-electron chi connectivity index (χ4n) is 8.97. The summed E-state index contributed by atoms with van der Waals surface area (Å²) in [6.45, 7) is 5.89. The Morgan fingerprint density at radius 1 is 1.02 bits per heavy atom. The molecule has 276 valence electrons. The lowest BCUT2D eigenvalue weighted by Crippen LogP contribution is -2.47. The van der Waals surface area contributed by atoms with Crippen LogP contribution in [-0.2, 0) is 43.1 Å². The van der Waals surface area contributed by atoms with Gasteiger partial charge in [0.05, 0.1) is 61.9 Å². The van der Waals surface area contributed by atoms with E-state index < -0.39 is 28.7 Å². The maximum Gasteiger partial charge on any atom is 0.417 e. The van der Waals surface area contributed by atoms with Gasteiger partial charge in [-0.25, -0.2) is 0 Å². The molecule has 4 bridgehead atoms. The molecule has 5 fully saturated rings. The molecule has 1 saturated heterocycles. The number of nitriles is 1. The van der Waals surface area contributed by atoms with Gasteiger partial charge >= 0.3 is 12.1 Å². The fraction of sp³-hybridized carbons (Fsp3) is 0.667. The van der Waals surface area contributed by atoms with Crippen LogP contribution >= 0.6 is 12.2 Å². The molecule has 5 aliphatic rings. The Hall–Kier alpha value is -3.61. The number of aromatic nitrogens is 3. The van der Waals surface area contributed by atoms with Crippen LogP contribution in [0.2, 0.25) is 0 Å². The summed E-state index contributed by atoms with van der Waals surface area (Å²) < 4.78 is 59.2. The van der Waals surface area contributed by atoms with Crippen LogP contribution in [-0.4, -0.2) is 75.4 Å². The van der Waals surface area contributed by atoms with Crippen molar-refractivity contribution in [3.63, 3.8) is 0 Å². The first-order chi connectivity index (χ1) is 24.3. The van der Waals surface area contributed by atoms with Crippen molar-refractivity contribution >= 4 is 34.9 Å². The number of hydrogen-bond donors (Lipinski definition) is 0. The SMILES string of the molecule is CC1(C)C(=O)N(c2ccc(C#N)c(C(F)(F)F)c2)C(=S)N1CCCCn1cc(COCCOCCOC(=O)CC23CC4CC(CC(C4)C2)C3)nn1. The number of alkyl halides is 3. The minimum atomic E-state index is -4.76. The highest BCUT2D eigenvalue weighted by molar-refractivity contribution is 7.80. The van der Waals surface area contributed by atoms with Crippen LogP contribution in [0.15, 0.2) is 24.4 Å². The molecule has 15 heteroatoms. The lowest BCUT2D eigenvalue weighted by molar-refractivity contribution is -0.153. The summed E-state index contributed by atoms with van der Waals surface area (Å²) in [4.78, 5) is 28.7. The Labute approximate surface area is 301 Å². The van der Waals surface area contributed by atoms with E-state index >= 15 is 0 Å². The molecule has 4 aliphatic carbocycles. The van der Waals surface area contributed by atoms with Gasteiger partial charge in [0.1, 0.15) is 17.8 Å². The molecule has 0 N–H and O–H groups in total. The van der Waals surface area contributed by atoms with Gasteiger partial charge in [-0.15, -0.1) is 5.10 Å². The van der Waals surface area contributed by atoms with Crippen molar-refractivity contribution in [1.29, 1.82) is 5.26 Å². The zero-order valence-corrected chi connectivity index (χ0v) is 29.9. The van der Waals surface area contributed by atoms with Crippen LogP contribution in [0.25, 0.3) is 0 Å². The smallest absolute Gasteiger partial charge is 0.417 e. The number of nitrogens with zero attached hydrogens (tertiary/aromatic N) is 6. The molecule has 0 unspecified atom stereocenters. The Kier molecular flexibility index (Phi) is 11.0. The highest BCUT2D eigenvalue weighted by Gasteiger charge is 2.52. The van der Waals surface area contributed by atoms with Crippen LogP contribution < -0.4 is 4.90 Å². The van der Waals surface area contributed by atoms with E-state index in [4.69, 9.17) is 31.7 Å². The second kappa shape index (κ2) is 15.2. The number of thiocarbonyl (C=S) groups is 1. The average Bonchev–Trinajstić information content (AvgIpc) is 3.57. The predicted molar refractivity (Wildman–Crippen MR) is 183 cm³/mol. The molecule has 2 heterocycles. The third-order valence-corrected chi connectivity index (χ3v) is 11.3. The summed E-state index contributed by atoms with van der Waals surface area (Å²) in [5, 5.41) is 17.5. The number of benzene rings is 1. The molecule has 7 rings (SSSR count). The molecule has 0 radical (unpaired) electrons. The standard InChI is InChI=1S/C36H45F3N6O5S/c1-34(2)32(47)45(29-6-5-27(21-40)30(16-29)36(37,38)39)33(51)44(34)8-4-3-7-43-22-28(41-42-43)23-49-10-9-48-11-12-50-31(46)20-35-17-24-13-25(18-35)15-26(14-24)19-35/h5-6,16,22,24-26H,3-4,7-15,17-20,23H2,1-2H3. The van der Waals surface area contributed by atoms with Crippen molar-refractivity contribution in [2.45, 2.75) is 96.5 Å². The number of ether oxygens (including phenoxy) is 3. The first-order valence-corrected chi connectivity index (χ1v) is 18.2. The summed E-state index contributed by atoms with van der Waals surface area (Å²) in [7, 11) is 0. The second-order valence-corrected chi connectivity index (χ2v) is 15.5. The van der Waals surface area contributed by atoms with Crippen molar-refractivity contribution in [2.24, 2.45) is 23.2 Å². The van der Waals surface area contributed by atoms with Gasteiger partial charge in [0.2, 0.25) is 0 Å². The first kappa shape index (κ1) is 37.2. The highest BCUT2D eigenvalue weighted by atomic mass is 32.1. The van der Waals surface area contributed by atoms with Gasteiger partial charge in [-0.2, -0.15) is 18.4 Å². The normalized spacial score (nSPS) is 25.1. The topological polar surface area (TPSA) is 123 Å². The number of carbonyl (C=O) groups is 2. The van der Waals surface area contributed by atoms with Gasteiger partial charge in [0, 0.05) is 13.1 Å². The molecule has 0 atom stereocenters. The Balaban J connectivity index is 0.853. The third kappa shape index (κ3) is 8.39. The first-order valence-electron chi connectivity index (χ1n) is 17.8. The van der Waals surface area contributed by atoms with Crippen LogP contribution in [0.1, 0.15) is 88.5 Å². The number of rotatable bonds is 16. The number of amides is 1. The number of unbranched alkanes of at least 4 members (excludes halogenated alkanes) is 1. The van der Waals surface area contributed by atoms with E-state index in [1.165, 1.54) is 44.6 Å². The summed E-state index contributed by atoms with van der Waals surface area (Å²) in [6.07, 6.45) is 6.54. The molecule has 1 aromatic carbocycles. The zero-order chi connectivity index (χ0) is 36.4. The van der Waals surface area contributed by atoms with Crippen LogP contribution in [0.3, 0.4) is 0 Å². The lowest BCUT2D eigenvalue weighted by Gasteiger charge is -2.56. The van der Waals surface area contributed by atoms with Crippen LogP contribution in [0.4, 0.5) is 18.9 Å². The number of carbonyl (C=O) groups excluding carboxylic acids is 2. The molecule has 51 heavy (non-hydrogen) atoms. The molecule has 1 aliphatic heterocycles. The minimum absolute atomic E-state index is 0.0289. The minimum Gasteiger partial charge on any atom is -0.463 e. The number of esters is 1. The Morgan fingerprint density at radius 2 is 1.67 bits per heavy atom. The highest BCUT2D eigenvalue weighted by Crippen LogP contribution is 2.61. The van der Waals surface area contributed by atoms with Crippen molar-refractivity contribution in [1.82, 2.24) is 19.9 Å². The number of hydrogen-bond acceptors (Lipinski definition) is 9. The van der Waals surface area contributed by atoms with Crippen molar-refractivity contribution in [3.8, 4) is 6.07 Å². The number of halogens is 3. The third-order valence-electron chi connectivity index (χ3n) is 10.9. The maximum absolute atomic E-state index is 13.6. The van der Waals surface area contributed by atoms with Crippen LogP contribution in [0, 0.1) is 34.5 Å². The maximum atomic E-state index is 13.6. The molecule has 11 nitrogen and oxygen atoms in total. The van der Waals surface area contributed by atoms with E-state index in [2.05, 4.69) is 10.3 Å². The molecule has 4 saturated carbocycles. The average molecular weight is 731 g/mol. The molecule has 1 amide bonds. The van der Waals surface area contributed by atoms with Crippen molar-refractivity contribution in [2.75, 3.05) is 37.9 Å². The number of aryl methyl sites for hydroxylation is 1. The Bertz CT molecular complexity index is 1620. The largest absolute Gasteiger partial charge is 0.463 e. The van der Waals surface area contributed by atoms with Gasteiger partial charge in [-0.1, -0.05) is 5.21 Å². The van der Waals surface area contributed by atoms with Gasteiger partial charge in [-0.3, -0.25) is 19.2 Å². The van der Waals surface area contributed by atoms with Gasteiger partial charge < -0.3 is 19.1 Å². The number of anilines is 1. The zero-order valence-electron chi connectivity index (χ0n) is 29.1. The Morgan fingerprint density at radius 3 is 2.33 bits per heavy atom. The van der Waals surface area contributed by atoms with E-state index in [1.54, 1.807) is 35.7 Å². The molecular weight excluding hydrogens is 685 g/mol. The quantitative estimate of drug-likeness (QED) is 0.115. The molecule has 0 spiro atoms. The summed E-state index contributed by atoms with van der Waals surface area (Å²) in [5.74, 6) is 1.89. The predicted octanol–water partition coefficient (Wildman–Crippen LogP) is 6.04. The van der Waals surface area contributed by atoms with Gasteiger partial charge in [0.25, 0.3) is 5.91 Å². The van der Waals surface area contributed by atoms with Crippen molar-refractivity contribution in [3.05, 3.63) is 41.2 Å². The summed E-state index contributed by atoms with van der Waals surface area (Å²) in [6, 6.07) is 4.71. The van der Waals surface area contributed by atoms with E-state index in [0.717, 1.165) is 34.8 Å². The molecular formula is C36H45F3N6O5S. The lowest BCUT2D eigenvalue weighted by atomic mass is 9.49. The fourth-order valence-corrected chi connectivity index (χ4v) is 9.48.